The first-order chi connectivity index (χ1) is 35.9. The SMILES string of the molecule is Cc1cc(-n2c3ccccc3c3c(-c4ccc(C(C)(C)C)cc4)cc(Oc4cc(N5CN(c6c(-c7ccccc7)cccc6-c6ccccc6)c6ccccc65)cc(C(C)(C)C)c4)cc32)ncc1-c1ccccc1. The molecule has 5 heteroatoms. The summed E-state index contributed by atoms with van der Waals surface area (Å²) in [5, 5.41) is 2.32. The van der Waals surface area contributed by atoms with Gasteiger partial charge in [-0.25, -0.2) is 4.98 Å². The van der Waals surface area contributed by atoms with E-state index in [-0.39, 0.29) is 10.8 Å². The predicted octanol–water partition coefficient (Wildman–Crippen LogP) is 18.8. The molecule has 5 nitrogen and oxygen atoms in total. The van der Waals surface area contributed by atoms with Crippen LogP contribution in [0.2, 0.25) is 0 Å². The van der Waals surface area contributed by atoms with Gasteiger partial charge < -0.3 is 14.5 Å². The van der Waals surface area contributed by atoms with Gasteiger partial charge in [0.15, 0.2) is 0 Å². The molecule has 9 aromatic carbocycles. The van der Waals surface area contributed by atoms with Crippen molar-refractivity contribution in [1.82, 2.24) is 9.55 Å². The fourth-order valence-corrected chi connectivity index (χ4v) is 10.9. The van der Waals surface area contributed by atoms with Crippen molar-refractivity contribution < 1.29 is 4.74 Å². The van der Waals surface area contributed by atoms with E-state index in [2.05, 4.69) is 281 Å². The molecule has 0 saturated carbocycles. The van der Waals surface area contributed by atoms with Gasteiger partial charge in [-0.3, -0.25) is 4.57 Å². The Balaban J connectivity index is 1.02. The third-order valence-corrected chi connectivity index (χ3v) is 14.7. The molecule has 1 aliphatic heterocycles. The number of hydrogen-bond acceptors (Lipinski definition) is 4. The second-order valence-electron chi connectivity index (χ2n) is 21.8. The molecule has 0 spiro atoms. The van der Waals surface area contributed by atoms with Crippen LogP contribution in [0.4, 0.5) is 22.7 Å². The van der Waals surface area contributed by atoms with Crippen molar-refractivity contribution in [3.63, 3.8) is 0 Å². The van der Waals surface area contributed by atoms with E-state index in [1.54, 1.807) is 0 Å². The molecule has 0 aliphatic carbocycles. The summed E-state index contributed by atoms with van der Waals surface area (Å²) < 4.78 is 9.65. The zero-order valence-electron chi connectivity index (χ0n) is 43.3. The van der Waals surface area contributed by atoms with Crippen LogP contribution in [-0.4, -0.2) is 16.2 Å². The molecule has 362 valence electrons. The number of pyridine rings is 1. The first kappa shape index (κ1) is 46.4. The van der Waals surface area contributed by atoms with Crippen molar-refractivity contribution in [1.29, 1.82) is 0 Å². The van der Waals surface area contributed by atoms with Crippen molar-refractivity contribution in [2.24, 2.45) is 0 Å². The van der Waals surface area contributed by atoms with Gasteiger partial charge in [0.1, 0.15) is 24.0 Å². The van der Waals surface area contributed by atoms with E-state index in [1.807, 2.05) is 6.20 Å². The zero-order valence-corrected chi connectivity index (χ0v) is 43.3. The Morgan fingerprint density at radius 1 is 0.432 bits per heavy atom. The molecule has 12 rings (SSSR count). The van der Waals surface area contributed by atoms with Crippen molar-refractivity contribution in [2.45, 2.75) is 59.3 Å². The Hall–Kier alpha value is -8.67. The minimum atomic E-state index is -0.181. The number of para-hydroxylation sites is 4. The lowest BCUT2D eigenvalue weighted by atomic mass is 9.86. The maximum Gasteiger partial charge on any atom is 0.137 e. The summed E-state index contributed by atoms with van der Waals surface area (Å²) in [7, 11) is 0. The van der Waals surface area contributed by atoms with Crippen LogP contribution in [0.5, 0.6) is 11.5 Å². The fraction of sp³-hybridized carbons (Fsp3) is 0.145. The number of anilines is 4. The summed E-state index contributed by atoms with van der Waals surface area (Å²) in [4.78, 5) is 10.2. The van der Waals surface area contributed by atoms with Gasteiger partial charge in [0.2, 0.25) is 0 Å². The molecule has 0 amide bonds. The number of ether oxygens (including phenoxy) is 1. The number of nitrogens with zero attached hydrogens (tertiary/aromatic N) is 4. The summed E-state index contributed by atoms with van der Waals surface area (Å²) in [6, 6.07) is 78.9. The van der Waals surface area contributed by atoms with E-state index >= 15 is 0 Å². The average Bonchev–Trinajstić information content (AvgIpc) is 3.97. The van der Waals surface area contributed by atoms with E-state index in [9.17, 15) is 0 Å². The number of hydrogen-bond donors (Lipinski definition) is 0. The minimum Gasteiger partial charge on any atom is -0.457 e. The lowest BCUT2D eigenvalue weighted by Gasteiger charge is -2.28. The summed E-state index contributed by atoms with van der Waals surface area (Å²) >= 11 is 0. The highest BCUT2D eigenvalue weighted by Gasteiger charge is 2.32. The third-order valence-electron chi connectivity index (χ3n) is 14.7. The normalized spacial score (nSPS) is 12.7. The van der Waals surface area contributed by atoms with E-state index in [1.165, 1.54) is 39.1 Å². The standard InChI is InChI=1S/C69H60N4O/c1-46-38-65(70-44-60(46)49-26-15-10-16-27-49)73-61-31-18-17-28-58(61)66-59(50-34-36-51(37-35-50)68(2,3)4)42-55(43-64(66)73)74-54-40-52(69(5,6)7)39-53(41-54)71-45-72(63-33-20-19-32-62(63)71)67-56(47-22-11-8-12-23-47)29-21-30-57(67)48-24-13-9-14-25-48/h8-44H,45H2,1-7H3. The number of benzene rings is 9. The number of aryl methyl sites for hydroxylation is 1. The molecular weight excluding hydrogens is 901 g/mol. The maximum atomic E-state index is 7.33. The van der Waals surface area contributed by atoms with Crippen molar-refractivity contribution in [3.8, 4) is 61.8 Å². The van der Waals surface area contributed by atoms with E-state index in [0.717, 1.165) is 84.0 Å². The van der Waals surface area contributed by atoms with Crippen LogP contribution in [0, 0.1) is 6.92 Å². The van der Waals surface area contributed by atoms with Crippen LogP contribution in [0.3, 0.4) is 0 Å². The van der Waals surface area contributed by atoms with Gasteiger partial charge in [-0.05, 0) is 105 Å². The molecule has 0 N–H and O–H groups in total. The van der Waals surface area contributed by atoms with Crippen molar-refractivity contribution in [3.05, 3.63) is 241 Å². The first-order valence-corrected chi connectivity index (χ1v) is 25.8. The molecule has 0 fully saturated rings. The average molecular weight is 961 g/mol. The molecule has 2 aromatic heterocycles. The Morgan fingerprint density at radius 2 is 0.973 bits per heavy atom. The molecule has 0 unspecified atom stereocenters. The predicted molar refractivity (Wildman–Crippen MR) is 311 cm³/mol. The van der Waals surface area contributed by atoms with Gasteiger partial charge in [0, 0.05) is 51.5 Å². The molecule has 74 heavy (non-hydrogen) atoms. The Bertz CT molecular complexity index is 3810. The lowest BCUT2D eigenvalue weighted by Crippen LogP contribution is -2.25. The molecule has 0 atom stereocenters. The topological polar surface area (TPSA) is 33.5 Å². The van der Waals surface area contributed by atoms with Gasteiger partial charge in [-0.1, -0.05) is 205 Å². The first-order valence-electron chi connectivity index (χ1n) is 25.8. The second-order valence-corrected chi connectivity index (χ2v) is 21.8. The van der Waals surface area contributed by atoms with Crippen LogP contribution >= 0.6 is 0 Å². The van der Waals surface area contributed by atoms with Gasteiger partial charge in [-0.15, -0.1) is 0 Å². The third kappa shape index (κ3) is 8.48. The molecule has 11 aromatic rings. The Morgan fingerprint density at radius 3 is 1.58 bits per heavy atom. The highest BCUT2D eigenvalue weighted by Crippen LogP contribution is 2.51. The molecule has 0 radical (unpaired) electrons. The summed E-state index contributed by atoms with van der Waals surface area (Å²) in [5.41, 5.74) is 19.3. The highest BCUT2D eigenvalue weighted by molar-refractivity contribution is 6.16. The molecule has 0 saturated heterocycles. The fourth-order valence-electron chi connectivity index (χ4n) is 10.9. The summed E-state index contributed by atoms with van der Waals surface area (Å²) in [6.45, 7) is 16.4. The largest absolute Gasteiger partial charge is 0.457 e. The smallest absolute Gasteiger partial charge is 0.137 e. The number of aromatic nitrogens is 2. The molecule has 3 heterocycles. The monoisotopic (exact) mass is 960 g/mol. The minimum absolute atomic E-state index is 0.0163. The molecule has 0 bridgehead atoms. The van der Waals surface area contributed by atoms with Crippen LogP contribution in [0.25, 0.3) is 72.1 Å². The van der Waals surface area contributed by atoms with Crippen molar-refractivity contribution >= 4 is 44.6 Å². The summed E-state index contributed by atoms with van der Waals surface area (Å²) in [5.74, 6) is 2.38. The van der Waals surface area contributed by atoms with Crippen LogP contribution in [0.1, 0.15) is 58.2 Å². The van der Waals surface area contributed by atoms with E-state index in [0.29, 0.717) is 6.67 Å². The molecular formula is C69H60N4O. The highest BCUT2D eigenvalue weighted by atomic mass is 16.5. The quantitative estimate of drug-likeness (QED) is 0.144. The van der Waals surface area contributed by atoms with Crippen LogP contribution in [0.15, 0.2) is 225 Å². The number of fused-ring (bicyclic) bond motifs is 4. The van der Waals surface area contributed by atoms with Crippen LogP contribution in [-0.2, 0) is 10.8 Å². The van der Waals surface area contributed by atoms with E-state index < -0.39 is 0 Å². The Kier molecular flexibility index (Phi) is 11.6. The summed E-state index contributed by atoms with van der Waals surface area (Å²) in [6.07, 6.45) is 2.02. The lowest BCUT2D eigenvalue weighted by molar-refractivity contribution is 0.479. The zero-order chi connectivity index (χ0) is 50.7. The Labute approximate surface area is 435 Å². The van der Waals surface area contributed by atoms with Gasteiger partial charge in [0.05, 0.1) is 28.1 Å². The van der Waals surface area contributed by atoms with E-state index in [4.69, 9.17) is 9.72 Å². The van der Waals surface area contributed by atoms with Gasteiger partial charge >= 0.3 is 0 Å². The number of rotatable bonds is 9. The second kappa shape index (κ2) is 18.4. The van der Waals surface area contributed by atoms with Gasteiger partial charge in [-0.2, -0.15) is 0 Å². The molecule has 1 aliphatic rings. The van der Waals surface area contributed by atoms with Gasteiger partial charge in [0.25, 0.3) is 0 Å². The van der Waals surface area contributed by atoms with Crippen molar-refractivity contribution in [2.75, 3.05) is 16.5 Å². The van der Waals surface area contributed by atoms with Crippen LogP contribution < -0.4 is 14.5 Å². The maximum absolute atomic E-state index is 7.33.